The zero-order chi connectivity index (χ0) is 15.5. The first kappa shape index (κ1) is 15.5. The molecular formula is C14H18N4O2S. The minimum atomic E-state index is -0.223. The molecule has 1 aromatic heterocycles. The molecule has 6 nitrogen and oxygen atoms in total. The van der Waals surface area contributed by atoms with Gasteiger partial charge >= 0.3 is 0 Å². The Morgan fingerprint density at radius 3 is 2.71 bits per heavy atom. The van der Waals surface area contributed by atoms with Crippen molar-refractivity contribution in [2.24, 2.45) is 0 Å². The topological polar surface area (TPSA) is 69.9 Å². The van der Waals surface area contributed by atoms with E-state index in [9.17, 15) is 4.79 Å². The van der Waals surface area contributed by atoms with Gasteiger partial charge in [0.2, 0.25) is 5.16 Å². The molecule has 0 radical (unpaired) electrons. The van der Waals surface area contributed by atoms with Gasteiger partial charge in [-0.3, -0.25) is 4.79 Å². The van der Waals surface area contributed by atoms with E-state index in [1.54, 1.807) is 23.9 Å². The Morgan fingerprint density at radius 1 is 1.33 bits per heavy atom. The Bertz CT molecular complexity index is 634. The van der Waals surface area contributed by atoms with Crippen molar-refractivity contribution in [3.05, 3.63) is 29.8 Å². The second kappa shape index (κ2) is 6.26. The van der Waals surface area contributed by atoms with E-state index >= 15 is 0 Å². The molecule has 2 rings (SSSR count). The van der Waals surface area contributed by atoms with Gasteiger partial charge in [0.25, 0.3) is 0 Å². The molecule has 2 aromatic rings. The molecule has 0 N–H and O–H groups in total. The van der Waals surface area contributed by atoms with Gasteiger partial charge in [-0.05, 0) is 43.3 Å². The average Bonchev–Trinajstić information content (AvgIpc) is 2.93. The summed E-state index contributed by atoms with van der Waals surface area (Å²) in [5.41, 5.74) is 0.349. The van der Waals surface area contributed by atoms with Crippen LogP contribution in [0.1, 0.15) is 31.1 Å². The second-order valence-electron chi connectivity index (χ2n) is 5.46. The number of methoxy groups -OCH3 is 1. The molecule has 1 aromatic carbocycles. The fraction of sp³-hybridized carbons (Fsp3) is 0.429. The molecule has 0 saturated carbocycles. The number of carbonyl (C=O) groups excluding carboxylic acids is 1. The van der Waals surface area contributed by atoms with Crippen molar-refractivity contribution in [1.82, 2.24) is 20.2 Å². The van der Waals surface area contributed by atoms with Gasteiger partial charge in [-0.15, -0.1) is 5.10 Å². The molecule has 112 valence electrons. The first-order chi connectivity index (χ1) is 9.93. The molecule has 0 atom stereocenters. The van der Waals surface area contributed by atoms with Gasteiger partial charge < -0.3 is 4.74 Å². The maximum Gasteiger partial charge on any atom is 0.210 e. The lowest BCUT2D eigenvalue weighted by atomic mass is 10.1. The SMILES string of the molecule is COc1ccccc1C(=O)CSc1nnnn1C(C)(C)C. The number of Topliss-reactive ketones (excluding diaryl/α,β-unsaturated/α-hetero) is 1. The van der Waals surface area contributed by atoms with E-state index in [4.69, 9.17) is 4.74 Å². The van der Waals surface area contributed by atoms with Gasteiger partial charge in [0, 0.05) is 0 Å². The summed E-state index contributed by atoms with van der Waals surface area (Å²) in [7, 11) is 1.55. The summed E-state index contributed by atoms with van der Waals surface area (Å²) >= 11 is 1.32. The number of nitrogens with zero attached hydrogens (tertiary/aromatic N) is 4. The summed E-state index contributed by atoms with van der Waals surface area (Å²) in [6.07, 6.45) is 0. The molecule has 0 saturated heterocycles. The zero-order valence-corrected chi connectivity index (χ0v) is 13.3. The lowest BCUT2D eigenvalue weighted by molar-refractivity contribution is 0.101. The highest BCUT2D eigenvalue weighted by Gasteiger charge is 2.21. The maximum absolute atomic E-state index is 12.3. The molecule has 1 heterocycles. The Hall–Kier alpha value is -1.89. The molecule has 0 amide bonds. The van der Waals surface area contributed by atoms with Crippen molar-refractivity contribution >= 4 is 17.5 Å². The highest BCUT2D eigenvalue weighted by Crippen LogP contribution is 2.24. The number of ketones is 1. The number of hydrogen-bond acceptors (Lipinski definition) is 6. The Balaban J connectivity index is 2.10. The Morgan fingerprint density at radius 2 is 2.05 bits per heavy atom. The van der Waals surface area contributed by atoms with Crippen molar-refractivity contribution in [2.75, 3.05) is 12.9 Å². The molecule has 21 heavy (non-hydrogen) atoms. The van der Waals surface area contributed by atoms with Crippen molar-refractivity contribution in [3.8, 4) is 5.75 Å². The minimum Gasteiger partial charge on any atom is -0.496 e. The van der Waals surface area contributed by atoms with Gasteiger partial charge in [0.05, 0.1) is 24.0 Å². The third kappa shape index (κ3) is 3.60. The summed E-state index contributed by atoms with van der Waals surface area (Å²) in [6.45, 7) is 6.03. The first-order valence-electron chi connectivity index (χ1n) is 6.51. The monoisotopic (exact) mass is 306 g/mol. The van der Waals surface area contributed by atoms with E-state index in [0.29, 0.717) is 16.5 Å². The summed E-state index contributed by atoms with van der Waals surface area (Å²) in [5, 5.41) is 12.3. The van der Waals surface area contributed by atoms with Crippen LogP contribution in [0, 0.1) is 0 Å². The summed E-state index contributed by atoms with van der Waals surface area (Å²) in [5.74, 6) is 0.830. The van der Waals surface area contributed by atoms with Crippen LogP contribution in [0.5, 0.6) is 5.75 Å². The van der Waals surface area contributed by atoms with Crippen LogP contribution in [-0.4, -0.2) is 38.9 Å². The van der Waals surface area contributed by atoms with Gasteiger partial charge in [-0.1, -0.05) is 23.9 Å². The van der Waals surface area contributed by atoms with Crippen molar-refractivity contribution < 1.29 is 9.53 Å². The van der Waals surface area contributed by atoms with E-state index in [0.717, 1.165) is 0 Å². The molecule has 7 heteroatoms. The number of rotatable bonds is 5. The lowest BCUT2D eigenvalue weighted by Crippen LogP contribution is -2.24. The minimum absolute atomic E-state index is 0.0130. The maximum atomic E-state index is 12.3. The molecule has 0 bridgehead atoms. The van der Waals surface area contributed by atoms with E-state index in [-0.39, 0.29) is 17.1 Å². The van der Waals surface area contributed by atoms with Crippen LogP contribution >= 0.6 is 11.8 Å². The number of tetrazole rings is 1. The van der Waals surface area contributed by atoms with Gasteiger partial charge in [-0.25, -0.2) is 4.68 Å². The Kier molecular flexibility index (Phi) is 4.62. The van der Waals surface area contributed by atoms with Crippen molar-refractivity contribution in [2.45, 2.75) is 31.5 Å². The van der Waals surface area contributed by atoms with Crippen molar-refractivity contribution in [1.29, 1.82) is 0 Å². The molecule has 0 aliphatic rings. The van der Waals surface area contributed by atoms with E-state index in [2.05, 4.69) is 15.5 Å². The fourth-order valence-corrected chi connectivity index (χ4v) is 2.72. The molecule has 0 unspecified atom stereocenters. The first-order valence-corrected chi connectivity index (χ1v) is 7.50. The fourth-order valence-electron chi connectivity index (χ4n) is 1.77. The van der Waals surface area contributed by atoms with Crippen molar-refractivity contribution in [3.63, 3.8) is 0 Å². The van der Waals surface area contributed by atoms with Crippen LogP contribution in [0.25, 0.3) is 0 Å². The van der Waals surface area contributed by atoms with E-state index in [1.807, 2.05) is 32.9 Å². The normalized spacial score (nSPS) is 11.4. The predicted molar refractivity (Wildman–Crippen MR) is 80.9 cm³/mol. The molecule has 0 fully saturated rings. The number of carbonyl (C=O) groups is 1. The summed E-state index contributed by atoms with van der Waals surface area (Å²) in [6, 6.07) is 7.19. The Labute approximate surface area is 127 Å². The number of para-hydroxylation sites is 1. The van der Waals surface area contributed by atoms with E-state index in [1.165, 1.54) is 11.8 Å². The van der Waals surface area contributed by atoms with Crippen LogP contribution in [0.2, 0.25) is 0 Å². The third-order valence-electron chi connectivity index (χ3n) is 2.82. The number of benzene rings is 1. The van der Waals surface area contributed by atoms with Gasteiger partial charge in [-0.2, -0.15) is 0 Å². The van der Waals surface area contributed by atoms with Gasteiger partial charge in [0.15, 0.2) is 5.78 Å². The van der Waals surface area contributed by atoms with Crippen LogP contribution in [0.3, 0.4) is 0 Å². The standard InChI is InChI=1S/C14H18N4O2S/c1-14(2,3)18-13(15-16-17-18)21-9-11(19)10-7-5-6-8-12(10)20-4/h5-8H,9H2,1-4H3. The van der Waals surface area contributed by atoms with Crippen LogP contribution in [0.4, 0.5) is 0 Å². The predicted octanol–water partition coefficient (Wildman–Crippen LogP) is 2.41. The smallest absolute Gasteiger partial charge is 0.210 e. The second-order valence-corrected chi connectivity index (χ2v) is 6.40. The number of ether oxygens (including phenoxy) is 1. The van der Waals surface area contributed by atoms with E-state index < -0.39 is 0 Å². The van der Waals surface area contributed by atoms with Crippen LogP contribution < -0.4 is 4.74 Å². The highest BCUT2D eigenvalue weighted by atomic mass is 32.2. The third-order valence-corrected chi connectivity index (χ3v) is 3.74. The molecular weight excluding hydrogens is 288 g/mol. The molecule has 0 aliphatic carbocycles. The zero-order valence-electron chi connectivity index (χ0n) is 12.5. The molecule has 0 spiro atoms. The lowest BCUT2D eigenvalue weighted by Gasteiger charge is -2.19. The largest absolute Gasteiger partial charge is 0.496 e. The number of thioether (sulfide) groups is 1. The molecule has 0 aliphatic heterocycles. The summed E-state index contributed by atoms with van der Waals surface area (Å²) < 4.78 is 6.92. The highest BCUT2D eigenvalue weighted by molar-refractivity contribution is 7.99. The summed E-state index contributed by atoms with van der Waals surface area (Å²) in [4.78, 5) is 12.3. The van der Waals surface area contributed by atoms with Crippen LogP contribution in [0.15, 0.2) is 29.4 Å². The van der Waals surface area contributed by atoms with Gasteiger partial charge in [0.1, 0.15) is 5.75 Å². The number of hydrogen-bond donors (Lipinski definition) is 0. The average molecular weight is 306 g/mol. The number of aromatic nitrogens is 4. The van der Waals surface area contributed by atoms with Crippen LogP contribution in [-0.2, 0) is 5.54 Å². The quantitative estimate of drug-likeness (QED) is 0.624.